The first-order valence-corrected chi connectivity index (χ1v) is 10.9. The number of nitrogens with zero attached hydrogens (tertiary/aromatic N) is 4. The monoisotopic (exact) mass is 424 g/mol. The number of rotatable bonds is 5. The summed E-state index contributed by atoms with van der Waals surface area (Å²) in [6.45, 7) is 2.28. The average molecular weight is 424 g/mol. The first kappa shape index (κ1) is 18.9. The van der Waals surface area contributed by atoms with E-state index in [-0.39, 0.29) is 6.04 Å². The number of methoxy groups -OCH3 is 1. The van der Waals surface area contributed by atoms with Crippen LogP contribution in [0.5, 0.6) is 5.75 Å². The first-order valence-electron chi connectivity index (χ1n) is 10.9. The molecule has 31 heavy (non-hydrogen) atoms. The molecule has 5 heterocycles. The van der Waals surface area contributed by atoms with E-state index in [2.05, 4.69) is 15.6 Å². The van der Waals surface area contributed by atoms with Crippen molar-refractivity contribution in [2.75, 3.05) is 25.5 Å². The summed E-state index contributed by atoms with van der Waals surface area (Å²) >= 11 is 0. The number of alkyl halides is 1. The molecule has 0 unspecified atom stereocenters. The van der Waals surface area contributed by atoms with Crippen molar-refractivity contribution < 1.29 is 13.9 Å². The van der Waals surface area contributed by atoms with Crippen molar-refractivity contribution in [3.63, 3.8) is 0 Å². The number of halogens is 1. The van der Waals surface area contributed by atoms with Gasteiger partial charge in [-0.25, -0.2) is 18.9 Å². The van der Waals surface area contributed by atoms with Gasteiger partial charge in [-0.15, -0.1) is 0 Å². The molecule has 2 atom stereocenters. The van der Waals surface area contributed by atoms with E-state index in [9.17, 15) is 4.39 Å². The molecule has 0 spiro atoms. The number of ether oxygens (including phenoxy) is 2. The third-order valence-electron chi connectivity index (χ3n) is 6.37. The second-order valence-corrected chi connectivity index (χ2v) is 8.53. The Bertz CT molecular complexity index is 1140. The number of piperidine rings is 1. The topological polar surface area (TPSA) is 85.6 Å². The van der Waals surface area contributed by atoms with Crippen molar-refractivity contribution in [2.24, 2.45) is 0 Å². The van der Waals surface area contributed by atoms with E-state index in [4.69, 9.17) is 19.6 Å². The smallest absolute Gasteiger partial charge is 0.157 e. The number of aromatic nitrogens is 4. The maximum atomic E-state index is 14.5. The predicted molar refractivity (Wildman–Crippen MR) is 113 cm³/mol. The van der Waals surface area contributed by atoms with Gasteiger partial charge in [-0.1, -0.05) is 0 Å². The van der Waals surface area contributed by atoms with Gasteiger partial charge in [0.2, 0.25) is 0 Å². The highest BCUT2D eigenvalue weighted by Crippen LogP contribution is 2.43. The number of hydrogen-bond donors (Lipinski definition) is 2. The fourth-order valence-electron chi connectivity index (χ4n) is 4.46. The van der Waals surface area contributed by atoms with Gasteiger partial charge in [0, 0.05) is 24.1 Å². The molecule has 2 fully saturated rings. The summed E-state index contributed by atoms with van der Waals surface area (Å²) in [5, 5.41) is 11.5. The summed E-state index contributed by atoms with van der Waals surface area (Å²) < 4.78 is 27.5. The molecule has 3 aliphatic rings. The molecule has 6 rings (SSSR count). The van der Waals surface area contributed by atoms with Crippen LogP contribution in [0.4, 0.5) is 10.2 Å². The van der Waals surface area contributed by atoms with Crippen LogP contribution in [-0.4, -0.2) is 52.0 Å². The van der Waals surface area contributed by atoms with Crippen LogP contribution in [0.3, 0.4) is 0 Å². The third kappa shape index (κ3) is 3.32. The summed E-state index contributed by atoms with van der Waals surface area (Å²) in [6.07, 6.45) is 3.63. The SMILES string of the molecule is COc1cc2ncc(-c3cc4c(c(N[C@H]5CNCC[C@@H]5F)n3)COC4)n2nc1C1CC1. The van der Waals surface area contributed by atoms with Crippen LogP contribution in [0.15, 0.2) is 18.3 Å². The zero-order valence-electron chi connectivity index (χ0n) is 17.4. The minimum atomic E-state index is -0.907. The van der Waals surface area contributed by atoms with Gasteiger partial charge in [0.25, 0.3) is 0 Å². The van der Waals surface area contributed by atoms with E-state index in [1.807, 2.05) is 16.6 Å². The molecule has 2 aliphatic heterocycles. The van der Waals surface area contributed by atoms with Crippen molar-refractivity contribution in [1.29, 1.82) is 0 Å². The van der Waals surface area contributed by atoms with Crippen LogP contribution >= 0.6 is 0 Å². The Morgan fingerprint density at radius 2 is 2.16 bits per heavy atom. The molecule has 1 saturated carbocycles. The molecule has 2 N–H and O–H groups in total. The van der Waals surface area contributed by atoms with Crippen LogP contribution in [0.2, 0.25) is 0 Å². The zero-order valence-corrected chi connectivity index (χ0v) is 17.4. The molecule has 9 heteroatoms. The minimum Gasteiger partial charge on any atom is -0.495 e. The van der Waals surface area contributed by atoms with Crippen molar-refractivity contribution in [2.45, 2.75) is 50.6 Å². The van der Waals surface area contributed by atoms with Gasteiger partial charge in [-0.2, -0.15) is 5.10 Å². The summed E-state index contributed by atoms with van der Waals surface area (Å²) in [7, 11) is 1.67. The van der Waals surface area contributed by atoms with E-state index in [1.165, 1.54) is 0 Å². The maximum absolute atomic E-state index is 14.5. The molecule has 0 amide bonds. The highest BCUT2D eigenvalue weighted by Gasteiger charge is 2.31. The molecule has 1 saturated heterocycles. The number of nitrogens with one attached hydrogen (secondary N) is 2. The Morgan fingerprint density at radius 1 is 1.26 bits per heavy atom. The highest BCUT2D eigenvalue weighted by molar-refractivity contribution is 5.66. The lowest BCUT2D eigenvalue weighted by molar-refractivity contribution is 0.134. The van der Waals surface area contributed by atoms with Crippen LogP contribution in [0, 0.1) is 0 Å². The van der Waals surface area contributed by atoms with Gasteiger partial charge in [0.05, 0.1) is 38.3 Å². The normalized spacial score (nSPS) is 23.2. The van der Waals surface area contributed by atoms with E-state index in [1.54, 1.807) is 13.3 Å². The third-order valence-corrected chi connectivity index (χ3v) is 6.37. The highest BCUT2D eigenvalue weighted by atomic mass is 19.1. The van der Waals surface area contributed by atoms with Crippen LogP contribution < -0.4 is 15.4 Å². The number of fused-ring (bicyclic) bond motifs is 2. The van der Waals surface area contributed by atoms with E-state index in [0.717, 1.165) is 46.8 Å². The number of imidazole rings is 1. The van der Waals surface area contributed by atoms with Crippen LogP contribution in [0.1, 0.15) is 42.0 Å². The van der Waals surface area contributed by atoms with Crippen molar-refractivity contribution >= 4 is 11.5 Å². The standard InChI is InChI=1S/C22H25FN6O2/c1-30-19-7-20-25-9-18(29(20)28-21(19)12-2-3-12)16-6-13-10-31-11-14(13)22(26-16)27-17-8-24-5-4-15(17)23/h6-7,9,12,15,17,24H,2-5,8,10-11H2,1H3,(H,26,27)/t15-,17-/m0/s1. The molecule has 0 radical (unpaired) electrons. The van der Waals surface area contributed by atoms with Gasteiger partial charge in [0.15, 0.2) is 5.65 Å². The Balaban J connectivity index is 1.43. The van der Waals surface area contributed by atoms with Crippen molar-refractivity contribution in [3.05, 3.63) is 35.2 Å². The Labute approximate surface area is 179 Å². The summed E-state index contributed by atoms with van der Waals surface area (Å²) in [5.74, 6) is 1.91. The van der Waals surface area contributed by atoms with Gasteiger partial charge < -0.3 is 20.1 Å². The first-order chi connectivity index (χ1) is 15.2. The Kier molecular flexibility index (Phi) is 4.53. The molecule has 0 bridgehead atoms. The second kappa shape index (κ2) is 7.42. The fraction of sp³-hybridized carbons (Fsp3) is 0.500. The number of pyridine rings is 1. The molecule has 1 aliphatic carbocycles. The largest absolute Gasteiger partial charge is 0.495 e. The maximum Gasteiger partial charge on any atom is 0.157 e. The molecule has 8 nitrogen and oxygen atoms in total. The second-order valence-electron chi connectivity index (χ2n) is 8.53. The van der Waals surface area contributed by atoms with Gasteiger partial charge in [-0.3, -0.25) is 0 Å². The average Bonchev–Trinajstić information content (AvgIpc) is 3.37. The van der Waals surface area contributed by atoms with Crippen LogP contribution in [-0.2, 0) is 18.0 Å². The van der Waals surface area contributed by atoms with Crippen LogP contribution in [0.25, 0.3) is 17.0 Å². The van der Waals surface area contributed by atoms with Gasteiger partial charge in [-0.05, 0) is 37.4 Å². The molecule has 162 valence electrons. The van der Waals surface area contributed by atoms with E-state index in [0.29, 0.717) is 50.1 Å². The quantitative estimate of drug-likeness (QED) is 0.651. The summed E-state index contributed by atoms with van der Waals surface area (Å²) in [6, 6.07) is 3.65. The van der Waals surface area contributed by atoms with Crippen molar-refractivity contribution in [3.8, 4) is 17.1 Å². The Morgan fingerprint density at radius 3 is 2.97 bits per heavy atom. The van der Waals surface area contributed by atoms with E-state index < -0.39 is 6.17 Å². The molecule has 3 aromatic rings. The lowest BCUT2D eigenvalue weighted by atomic mass is 10.0. The minimum absolute atomic E-state index is 0.313. The molecule has 3 aromatic heterocycles. The molecule has 0 aromatic carbocycles. The molecular formula is C22H25FN6O2. The fourth-order valence-corrected chi connectivity index (χ4v) is 4.46. The zero-order chi connectivity index (χ0) is 20.9. The summed E-state index contributed by atoms with van der Waals surface area (Å²) in [4.78, 5) is 9.41. The van der Waals surface area contributed by atoms with Gasteiger partial charge >= 0.3 is 0 Å². The lowest BCUT2D eigenvalue weighted by Crippen LogP contribution is -2.46. The van der Waals surface area contributed by atoms with E-state index >= 15 is 0 Å². The predicted octanol–water partition coefficient (Wildman–Crippen LogP) is 2.82. The van der Waals surface area contributed by atoms with Gasteiger partial charge in [0.1, 0.15) is 29.1 Å². The summed E-state index contributed by atoms with van der Waals surface area (Å²) in [5.41, 5.74) is 5.30. The lowest BCUT2D eigenvalue weighted by Gasteiger charge is -2.28. The number of hydrogen-bond acceptors (Lipinski definition) is 7. The van der Waals surface area contributed by atoms with Crippen molar-refractivity contribution in [1.82, 2.24) is 24.9 Å². The number of anilines is 1. The molecular weight excluding hydrogens is 399 g/mol. The Hall–Kier alpha value is -2.78.